The van der Waals surface area contributed by atoms with E-state index in [2.05, 4.69) is 16.9 Å². The molecule has 6 heteroatoms. The average Bonchev–Trinajstić information content (AvgIpc) is 3.27. The van der Waals surface area contributed by atoms with Crippen molar-refractivity contribution < 1.29 is 13.2 Å². The lowest BCUT2D eigenvalue weighted by molar-refractivity contribution is -0.124. The van der Waals surface area contributed by atoms with E-state index in [1.165, 1.54) is 22.7 Å². The van der Waals surface area contributed by atoms with E-state index in [-0.39, 0.29) is 23.2 Å². The van der Waals surface area contributed by atoms with Crippen LogP contribution in [-0.2, 0) is 28.0 Å². The van der Waals surface area contributed by atoms with Crippen molar-refractivity contribution in [2.24, 2.45) is 23.2 Å². The zero-order chi connectivity index (χ0) is 17.2. The van der Waals surface area contributed by atoms with E-state index in [1.54, 1.807) is 0 Å². The number of carbonyl (C=O) groups excluding carboxylic acids is 1. The lowest BCUT2D eigenvalue weighted by atomic mass is 9.88. The van der Waals surface area contributed by atoms with Crippen molar-refractivity contribution in [3.8, 4) is 0 Å². The van der Waals surface area contributed by atoms with E-state index in [4.69, 9.17) is 0 Å². The SMILES string of the molecule is O=C(NS(=O)(=O)N1CCc2ccccc2C1)[C@@H]1C[C@H]2C=C[C@@H]1C21CC1. The molecule has 3 atom stereocenters. The van der Waals surface area contributed by atoms with Crippen molar-refractivity contribution in [2.75, 3.05) is 6.54 Å². The minimum Gasteiger partial charge on any atom is -0.274 e. The summed E-state index contributed by atoms with van der Waals surface area (Å²) < 4.78 is 29.2. The van der Waals surface area contributed by atoms with E-state index in [9.17, 15) is 13.2 Å². The van der Waals surface area contributed by atoms with Gasteiger partial charge in [-0.15, -0.1) is 0 Å². The van der Waals surface area contributed by atoms with Crippen LogP contribution in [0.1, 0.15) is 30.4 Å². The quantitative estimate of drug-likeness (QED) is 0.841. The number of benzene rings is 1. The van der Waals surface area contributed by atoms with E-state index >= 15 is 0 Å². The Balaban J connectivity index is 1.31. The summed E-state index contributed by atoms with van der Waals surface area (Å²) in [7, 11) is -3.79. The Hall–Kier alpha value is -1.66. The fraction of sp³-hybridized carbons (Fsp3) is 0.526. The van der Waals surface area contributed by atoms with Gasteiger partial charge >= 0.3 is 10.2 Å². The van der Waals surface area contributed by atoms with Gasteiger partial charge < -0.3 is 0 Å². The van der Waals surface area contributed by atoms with Gasteiger partial charge in [0, 0.05) is 19.0 Å². The number of rotatable bonds is 3. The molecule has 1 spiro atoms. The number of hydrogen-bond donors (Lipinski definition) is 1. The van der Waals surface area contributed by atoms with Gasteiger partial charge in [-0.2, -0.15) is 12.7 Å². The second-order valence-corrected chi connectivity index (χ2v) is 9.59. The highest BCUT2D eigenvalue weighted by Crippen LogP contribution is 2.70. The molecule has 1 aliphatic heterocycles. The van der Waals surface area contributed by atoms with Crippen molar-refractivity contribution in [3.63, 3.8) is 0 Å². The monoisotopic (exact) mass is 358 g/mol. The predicted molar refractivity (Wildman–Crippen MR) is 93.5 cm³/mol. The first-order chi connectivity index (χ1) is 12.0. The maximum atomic E-state index is 12.7. The molecule has 2 saturated carbocycles. The molecule has 0 saturated heterocycles. The van der Waals surface area contributed by atoms with Gasteiger partial charge in [0.2, 0.25) is 5.91 Å². The number of carbonyl (C=O) groups is 1. The van der Waals surface area contributed by atoms with Crippen molar-refractivity contribution in [1.82, 2.24) is 9.03 Å². The van der Waals surface area contributed by atoms with Gasteiger partial charge in [0.1, 0.15) is 0 Å². The lowest BCUT2D eigenvalue weighted by Crippen LogP contribution is -2.47. The number of nitrogens with zero attached hydrogens (tertiary/aromatic N) is 1. The molecule has 0 radical (unpaired) electrons. The van der Waals surface area contributed by atoms with Crippen LogP contribution in [0.3, 0.4) is 0 Å². The van der Waals surface area contributed by atoms with Gasteiger partial charge in [-0.05, 0) is 54.1 Å². The molecule has 1 N–H and O–H groups in total. The highest BCUT2D eigenvalue weighted by atomic mass is 32.2. The fourth-order valence-corrected chi connectivity index (χ4v) is 6.39. The molecule has 132 valence electrons. The number of hydrogen-bond acceptors (Lipinski definition) is 3. The zero-order valence-corrected chi connectivity index (χ0v) is 14.8. The second kappa shape index (κ2) is 5.17. The van der Waals surface area contributed by atoms with Gasteiger partial charge in [-0.3, -0.25) is 4.79 Å². The topological polar surface area (TPSA) is 66.5 Å². The van der Waals surface area contributed by atoms with Gasteiger partial charge in [0.15, 0.2) is 0 Å². The fourth-order valence-electron chi connectivity index (χ4n) is 5.21. The third kappa shape index (κ3) is 2.30. The van der Waals surface area contributed by atoms with Gasteiger partial charge in [-0.1, -0.05) is 36.4 Å². The van der Waals surface area contributed by atoms with Crippen molar-refractivity contribution in [2.45, 2.75) is 32.2 Å². The molecule has 4 aliphatic rings. The summed E-state index contributed by atoms with van der Waals surface area (Å²) in [5, 5.41) is 0. The van der Waals surface area contributed by atoms with Crippen LogP contribution < -0.4 is 4.72 Å². The molecule has 1 aromatic carbocycles. The van der Waals surface area contributed by atoms with E-state index in [0.717, 1.165) is 12.0 Å². The Morgan fingerprint density at radius 3 is 2.64 bits per heavy atom. The molecule has 2 bridgehead atoms. The minimum atomic E-state index is -3.79. The molecule has 5 nitrogen and oxygen atoms in total. The molecule has 0 aromatic heterocycles. The van der Waals surface area contributed by atoms with Crippen LogP contribution in [0.2, 0.25) is 0 Å². The van der Waals surface area contributed by atoms with Gasteiger partial charge in [-0.25, -0.2) is 4.72 Å². The molecular formula is C19H22N2O3S. The molecule has 25 heavy (non-hydrogen) atoms. The average molecular weight is 358 g/mol. The van der Waals surface area contributed by atoms with Crippen LogP contribution in [0.25, 0.3) is 0 Å². The van der Waals surface area contributed by atoms with E-state index in [1.807, 2.05) is 24.3 Å². The largest absolute Gasteiger partial charge is 0.304 e. The molecular weight excluding hydrogens is 336 g/mol. The van der Waals surface area contributed by atoms with Crippen LogP contribution in [0.4, 0.5) is 0 Å². The first-order valence-electron chi connectivity index (χ1n) is 9.06. The first-order valence-corrected chi connectivity index (χ1v) is 10.5. The first kappa shape index (κ1) is 15.6. The van der Waals surface area contributed by atoms with Crippen molar-refractivity contribution in [1.29, 1.82) is 0 Å². The summed E-state index contributed by atoms with van der Waals surface area (Å²) in [5.41, 5.74) is 2.50. The Morgan fingerprint density at radius 2 is 1.92 bits per heavy atom. The van der Waals surface area contributed by atoms with Crippen LogP contribution >= 0.6 is 0 Å². The second-order valence-electron chi connectivity index (χ2n) is 7.92. The minimum absolute atomic E-state index is 0.190. The summed E-state index contributed by atoms with van der Waals surface area (Å²) in [6.45, 7) is 0.750. The lowest BCUT2D eigenvalue weighted by Gasteiger charge is -2.29. The molecule has 1 aromatic rings. The van der Waals surface area contributed by atoms with Crippen molar-refractivity contribution in [3.05, 3.63) is 47.5 Å². The molecule has 3 aliphatic carbocycles. The summed E-state index contributed by atoms with van der Waals surface area (Å²) in [4.78, 5) is 12.7. The Morgan fingerprint density at radius 1 is 1.16 bits per heavy atom. The van der Waals surface area contributed by atoms with Crippen LogP contribution in [-0.4, -0.2) is 25.2 Å². The zero-order valence-electron chi connectivity index (χ0n) is 14.0. The Labute approximate surface area is 148 Å². The maximum Gasteiger partial charge on any atom is 0.304 e. The summed E-state index contributed by atoms with van der Waals surface area (Å²) >= 11 is 0. The molecule has 1 amide bonds. The van der Waals surface area contributed by atoms with Gasteiger partial charge in [0.25, 0.3) is 0 Å². The number of allylic oxidation sites excluding steroid dienone is 2. The van der Waals surface area contributed by atoms with Crippen molar-refractivity contribution >= 4 is 16.1 Å². The standard InChI is InChI=1S/C19H22N2O3S/c22-18(16-11-15-5-6-17(16)19(15)8-9-19)20-25(23,24)21-10-7-13-3-1-2-4-14(13)12-21/h1-6,15-17H,7-12H2,(H,20,22)/t15-,16-,17+/m1/s1. The summed E-state index contributed by atoms with van der Waals surface area (Å²) in [5.74, 6) is 0.193. The maximum absolute atomic E-state index is 12.7. The number of nitrogens with one attached hydrogen (secondary N) is 1. The Kier molecular flexibility index (Phi) is 3.23. The smallest absolute Gasteiger partial charge is 0.274 e. The molecule has 2 fully saturated rings. The third-order valence-corrected chi connectivity index (χ3v) is 8.17. The molecule has 5 rings (SSSR count). The Bertz CT molecular complexity index is 872. The summed E-state index contributed by atoms with van der Waals surface area (Å²) in [6.07, 6.45) is 8.22. The highest BCUT2D eigenvalue weighted by Gasteiger charge is 2.64. The van der Waals surface area contributed by atoms with Crippen LogP contribution in [0, 0.1) is 23.2 Å². The number of amides is 1. The molecule has 1 heterocycles. The molecule has 0 unspecified atom stereocenters. The van der Waals surface area contributed by atoms with Crippen LogP contribution in [0.15, 0.2) is 36.4 Å². The van der Waals surface area contributed by atoms with E-state index < -0.39 is 10.2 Å². The predicted octanol–water partition coefficient (Wildman–Crippen LogP) is 2.01. The summed E-state index contributed by atoms with van der Waals surface area (Å²) in [6, 6.07) is 7.89. The van der Waals surface area contributed by atoms with E-state index in [0.29, 0.717) is 25.4 Å². The number of fused-ring (bicyclic) bond motifs is 1. The normalized spacial score (nSPS) is 31.9. The third-order valence-electron chi connectivity index (χ3n) is 6.72. The highest BCUT2D eigenvalue weighted by molar-refractivity contribution is 7.87. The van der Waals surface area contributed by atoms with Crippen LogP contribution in [0.5, 0.6) is 0 Å². The van der Waals surface area contributed by atoms with Gasteiger partial charge in [0.05, 0.1) is 0 Å².